The first-order valence-electron chi connectivity index (χ1n) is 3.07. The topological polar surface area (TPSA) is 38.0 Å². The molecule has 3 N–H and O–H groups in total. The Kier molecular flexibility index (Phi) is 2.76. The molecule has 0 saturated carbocycles. The van der Waals surface area contributed by atoms with E-state index in [1.807, 2.05) is 13.0 Å². The average Bonchev–Trinajstić information content (AvgIpc) is 1.85. The minimum absolute atomic E-state index is 0.702. The van der Waals surface area contributed by atoms with Gasteiger partial charge in [0, 0.05) is 9.50 Å². The zero-order valence-corrected chi connectivity index (χ0v) is 8.33. The van der Waals surface area contributed by atoms with E-state index in [4.69, 9.17) is 17.4 Å². The van der Waals surface area contributed by atoms with Crippen LogP contribution in [-0.4, -0.2) is 0 Å². The predicted molar refractivity (Wildman–Crippen MR) is 51.7 cm³/mol. The summed E-state index contributed by atoms with van der Waals surface area (Å²) in [5.74, 6) is 5.28. The SMILES string of the molecule is Cc1cc(Cl)cc(Br)c1NN. The van der Waals surface area contributed by atoms with Crippen LogP contribution in [0.4, 0.5) is 5.69 Å². The van der Waals surface area contributed by atoms with Gasteiger partial charge in [0.25, 0.3) is 0 Å². The molecule has 0 amide bonds. The standard InChI is InChI=1S/C7H8BrClN2/c1-4-2-5(9)3-6(8)7(4)11-10/h2-3,11H,10H2,1H3. The lowest BCUT2D eigenvalue weighted by molar-refractivity contribution is 1.30. The fourth-order valence-corrected chi connectivity index (χ4v) is 1.96. The highest BCUT2D eigenvalue weighted by molar-refractivity contribution is 9.10. The van der Waals surface area contributed by atoms with Crippen LogP contribution in [0.3, 0.4) is 0 Å². The molecule has 60 valence electrons. The first kappa shape index (κ1) is 8.84. The number of hydrogen-bond donors (Lipinski definition) is 2. The zero-order chi connectivity index (χ0) is 8.43. The number of rotatable bonds is 1. The van der Waals surface area contributed by atoms with Gasteiger partial charge in [0.05, 0.1) is 5.69 Å². The Hall–Kier alpha value is -0.250. The molecule has 1 aromatic rings. The molecule has 0 unspecified atom stereocenters. The van der Waals surface area contributed by atoms with Crippen molar-refractivity contribution in [2.45, 2.75) is 6.92 Å². The quantitative estimate of drug-likeness (QED) is 0.580. The average molecular weight is 236 g/mol. The molecule has 0 fully saturated rings. The largest absolute Gasteiger partial charge is 0.323 e. The van der Waals surface area contributed by atoms with Crippen LogP contribution in [0.25, 0.3) is 0 Å². The molecule has 2 nitrogen and oxygen atoms in total. The lowest BCUT2D eigenvalue weighted by Crippen LogP contribution is -2.08. The number of benzene rings is 1. The summed E-state index contributed by atoms with van der Waals surface area (Å²) in [7, 11) is 0. The van der Waals surface area contributed by atoms with E-state index in [1.54, 1.807) is 6.07 Å². The molecule has 11 heavy (non-hydrogen) atoms. The smallest absolute Gasteiger partial charge is 0.0657 e. The van der Waals surface area contributed by atoms with E-state index in [1.165, 1.54) is 0 Å². The van der Waals surface area contributed by atoms with Crippen molar-refractivity contribution >= 4 is 33.2 Å². The van der Waals surface area contributed by atoms with Crippen molar-refractivity contribution in [3.8, 4) is 0 Å². The van der Waals surface area contributed by atoms with Crippen molar-refractivity contribution < 1.29 is 0 Å². The van der Waals surface area contributed by atoms with E-state index >= 15 is 0 Å². The summed E-state index contributed by atoms with van der Waals surface area (Å²) in [6.07, 6.45) is 0. The zero-order valence-electron chi connectivity index (χ0n) is 5.99. The number of halogens is 2. The second-order valence-electron chi connectivity index (χ2n) is 2.22. The minimum atomic E-state index is 0.702. The molecule has 0 aromatic heterocycles. The number of nitrogens with one attached hydrogen (secondary N) is 1. The van der Waals surface area contributed by atoms with Crippen LogP contribution in [0, 0.1) is 6.92 Å². The monoisotopic (exact) mass is 234 g/mol. The van der Waals surface area contributed by atoms with E-state index in [0.29, 0.717) is 5.02 Å². The van der Waals surface area contributed by atoms with Crippen molar-refractivity contribution in [1.29, 1.82) is 0 Å². The normalized spacial score (nSPS) is 9.82. The van der Waals surface area contributed by atoms with E-state index in [2.05, 4.69) is 21.4 Å². The summed E-state index contributed by atoms with van der Waals surface area (Å²) in [6, 6.07) is 3.64. The summed E-state index contributed by atoms with van der Waals surface area (Å²) in [5, 5.41) is 0.702. The highest BCUT2D eigenvalue weighted by atomic mass is 79.9. The number of nitrogen functional groups attached to an aromatic ring is 1. The van der Waals surface area contributed by atoms with Crippen LogP contribution in [-0.2, 0) is 0 Å². The first-order valence-corrected chi connectivity index (χ1v) is 4.24. The number of hydrogen-bond acceptors (Lipinski definition) is 2. The highest BCUT2D eigenvalue weighted by Crippen LogP contribution is 2.28. The Labute approximate surface area is 78.8 Å². The second-order valence-corrected chi connectivity index (χ2v) is 3.51. The Balaban J connectivity index is 3.25. The van der Waals surface area contributed by atoms with E-state index in [0.717, 1.165) is 15.7 Å². The Morgan fingerprint density at radius 3 is 2.64 bits per heavy atom. The van der Waals surface area contributed by atoms with Gasteiger partial charge in [-0.05, 0) is 40.5 Å². The molecular formula is C7H8BrClN2. The maximum absolute atomic E-state index is 5.78. The van der Waals surface area contributed by atoms with Gasteiger partial charge in [-0.25, -0.2) is 0 Å². The number of nitrogens with two attached hydrogens (primary N) is 1. The third-order valence-corrected chi connectivity index (χ3v) is 2.24. The van der Waals surface area contributed by atoms with Crippen LogP contribution in [0.2, 0.25) is 5.02 Å². The summed E-state index contributed by atoms with van der Waals surface area (Å²) >= 11 is 9.11. The summed E-state index contributed by atoms with van der Waals surface area (Å²) < 4.78 is 0.880. The molecule has 1 aromatic carbocycles. The molecule has 0 heterocycles. The Morgan fingerprint density at radius 2 is 2.18 bits per heavy atom. The second kappa shape index (κ2) is 3.43. The van der Waals surface area contributed by atoms with E-state index in [9.17, 15) is 0 Å². The molecule has 0 spiro atoms. The molecule has 0 saturated heterocycles. The van der Waals surface area contributed by atoms with Crippen molar-refractivity contribution in [3.63, 3.8) is 0 Å². The maximum atomic E-state index is 5.78. The molecule has 0 aliphatic heterocycles. The van der Waals surface area contributed by atoms with Gasteiger partial charge >= 0.3 is 0 Å². The van der Waals surface area contributed by atoms with Gasteiger partial charge in [0.1, 0.15) is 0 Å². The van der Waals surface area contributed by atoms with E-state index < -0.39 is 0 Å². The van der Waals surface area contributed by atoms with Gasteiger partial charge in [-0.2, -0.15) is 0 Å². The molecule has 0 aliphatic carbocycles. The Morgan fingerprint density at radius 1 is 1.55 bits per heavy atom. The number of hydrazine groups is 1. The first-order chi connectivity index (χ1) is 5.15. The van der Waals surface area contributed by atoms with Gasteiger partial charge in [0.15, 0.2) is 0 Å². The van der Waals surface area contributed by atoms with Crippen LogP contribution < -0.4 is 11.3 Å². The van der Waals surface area contributed by atoms with Crippen LogP contribution in [0.1, 0.15) is 5.56 Å². The van der Waals surface area contributed by atoms with Gasteiger partial charge in [-0.15, -0.1) is 0 Å². The van der Waals surface area contributed by atoms with Gasteiger partial charge in [-0.3, -0.25) is 5.84 Å². The lowest BCUT2D eigenvalue weighted by atomic mass is 10.2. The third kappa shape index (κ3) is 1.86. The molecule has 1 rings (SSSR count). The fraction of sp³-hybridized carbons (Fsp3) is 0.143. The molecular weight excluding hydrogens is 227 g/mol. The van der Waals surface area contributed by atoms with Crippen LogP contribution in [0.5, 0.6) is 0 Å². The molecule has 0 aliphatic rings. The Bertz CT molecular complexity index is 252. The fourth-order valence-electron chi connectivity index (χ4n) is 0.885. The maximum Gasteiger partial charge on any atom is 0.0657 e. The van der Waals surface area contributed by atoms with Crippen molar-refractivity contribution in [1.82, 2.24) is 0 Å². The number of anilines is 1. The third-order valence-electron chi connectivity index (χ3n) is 1.40. The summed E-state index contributed by atoms with van der Waals surface area (Å²) in [6.45, 7) is 1.94. The van der Waals surface area contributed by atoms with Crippen LogP contribution >= 0.6 is 27.5 Å². The van der Waals surface area contributed by atoms with E-state index in [-0.39, 0.29) is 0 Å². The van der Waals surface area contributed by atoms with Gasteiger partial charge in [-0.1, -0.05) is 11.6 Å². The van der Waals surface area contributed by atoms with Crippen molar-refractivity contribution in [2.75, 3.05) is 5.43 Å². The molecule has 0 bridgehead atoms. The van der Waals surface area contributed by atoms with Gasteiger partial charge < -0.3 is 5.43 Å². The van der Waals surface area contributed by atoms with Gasteiger partial charge in [0.2, 0.25) is 0 Å². The highest BCUT2D eigenvalue weighted by Gasteiger charge is 2.02. The molecule has 0 atom stereocenters. The summed E-state index contributed by atoms with van der Waals surface area (Å²) in [4.78, 5) is 0. The van der Waals surface area contributed by atoms with Crippen molar-refractivity contribution in [2.24, 2.45) is 5.84 Å². The minimum Gasteiger partial charge on any atom is -0.323 e. The summed E-state index contributed by atoms with van der Waals surface area (Å²) in [5.41, 5.74) is 4.48. The lowest BCUT2D eigenvalue weighted by Gasteiger charge is -2.07. The predicted octanol–water partition coefficient (Wildman–Crippen LogP) is 2.70. The van der Waals surface area contributed by atoms with Crippen molar-refractivity contribution in [3.05, 3.63) is 27.2 Å². The molecule has 0 radical (unpaired) electrons. The number of aryl methyl sites for hydroxylation is 1. The molecule has 4 heteroatoms. The van der Waals surface area contributed by atoms with Crippen LogP contribution in [0.15, 0.2) is 16.6 Å².